The molecule has 1 amide bonds. The monoisotopic (exact) mass is 273 g/mol. The Morgan fingerprint density at radius 3 is 3.11 bits per heavy atom. The minimum Gasteiger partial charge on any atom is -0.475 e. The lowest BCUT2D eigenvalue weighted by atomic mass is 10.3. The molecule has 100 valence electrons. The van der Waals surface area contributed by atoms with Gasteiger partial charge in [0.25, 0.3) is 0 Å². The first-order valence-electron chi connectivity index (χ1n) is 5.40. The fourth-order valence-corrected chi connectivity index (χ4v) is 1.36. The number of pyridine rings is 1. The topological polar surface area (TPSA) is 86.5 Å². The highest BCUT2D eigenvalue weighted by molar-refractivity contribution is 6.31. The summed E-state index contributed by atoms with van der Waals surface area (Å²) in [5.41, 5.74) is 5.53. The molecule has 0 spiro atoms. The zero-order valence-electron chi connectivity index (χ0n) is 10.1. The van der Waals surface area contributed by atoms with Gasteiger partial charge in [-0.05, 0) is 12.1 Å². The van der Waals surface area contributed by atoms with E-state index in [4.69, 9.17) is 26.8 Å². The van der Waals surface area contributed by atoms with Gasteiger partial charge in [0.2, 0.25) is 11.8 Å². The minimum absolute atomic E-state index is 0.179. The SMILES string of the molecule is COCC(N)C(=O)NCCOc1ncccc1Cl. The van der Waals surface area contributed by atoms with Crippen molar-refractivity contribution in [2.75, 3.05) is 26.9 Å². The number of halogens is 1. The molecule has 0 bridgehead atoms. The summed E-state index contributed by atoms with van der Waals surface area (Å²) in [7, 11) is 1.49. The van der Waals surface area contributed by atoms with Gasteiger partial charge in [0.15, 0.2) is 0 Å². The maximum Gasteiger partial charge on any atom is 0.239 e. The number of carbonyl (C=O) groups excluding carboxylic acids is 1. The Bertz CT molecular complexity index is 390. The first kappa shape index (κ1) is 14.7. The van der Waals surface area contributed by atoms with Crippen molar-refractivity contribution in [3.05, 3.63) is 23.4 Å². The lowest BCUT2D eigenvalue weighted by Gasteiger charge is -2.11. The van der Waals surface area contributed by atoms with E-state index in [1.165, 1.54) is 7.11 Å². The van der Waals surface area contributed by atoms with Crippen molar-refractivity contribution in [2.45, 2.75) is 6.04 Å². The average molecular weight is 274 g/mol. The zero-order valence-corrected chi connectivity index (χ0v) is 10.8. The molecule has 1 heterocycles. The van der Waals surface area contributed by atoms with Gasteiger partial charge in [0.1, 0.15) is 17.7 Å². The average Bonchev–Trinajstić information content (AvgIpc) is 2.36. The molecule has 1 aromatic rings. The number of ether oxygens (including phenoxy) is 2. The highest BCUT2D eigenvalue weighted by atomic mass is 35.5. The van der Waals surface area contributed by atoms with Crippen LogP contribution in [0.15, 0.2) is 18.3 Å². The van der Waals surface area contributed by atoms with Crippen LogP contribution in [0.25, 0.3) is 0 Å². The van der Waals surface area contributed by atoms with Gasteiger partial charge in [-0.3, -0.25) is 4.79 Å². The van der Waals surface area contributed by atoms with Crippen molar-refractivity contribution < 1.29 is 14.3 Å². The summed E-state index contributed by atoms with van der Waals surface area (Å²) in [5, 5.41) is 3.05. The number of hydrogen-bond acceptors (Lipinski definition) is 5. The Morgan fingerprint density at radius 2 is 2.44 bits per heavy atom. The zero-order chi connectivity index (χ0) is 13.4. The van der Waals surface area contributed by atoms with E-state index in [1.807, 2.05) is 0 Å². The molecule has 0 aliphatic carbocycles. The number of rotatable bonds is 7. The second-order valence-electron chi connectivity index (χ2n) is 3.49. The van der Waals surface area contributed by atoms with E-state index in [0.717, 1.165) is 0 Å². The van der Waals surface area contributed by atoms with E-state index in [2.05, 4.69) is 10.3 Å². The standard InChI is InChI=1S/C11H16ClN3O3/c1-17-7-9(13)10(16)14-5-6-18-11-8(12)3-2-4-15-11/h2-4,9H,5-7,13H2,1H3,(H,14,16). The molecule has 1 rings (SSSR count). The lowest BCUT2D eigenvalue weighted by molar-refractivity contribution is -0.123. The number of methoxy groups -OCH3 is 1. The van der Waals surface area contributed by atoms with Crippen LogP contribution in [0.2, 0.25) is 5.02 Å². The first-order valence-corrected chi connectivity index (χ1v) is 5.78. The van der Waals surface area contributed by atoms with Crippen LogP contribution in [0.3, 0.4) is 0 Å². The molecule has 0 aliphatic heterocycles. The van der Waals surface area contributed by atoms with Gasteiger partial charge >= 0.3 is 0 Å². The predicted molar refractivity (Wildman–Crippen MR) is 67.6 cm³/mol. The minimum atomic E-state index is -0.673. The Hall–Kier alpha value is -1.37. The summed E-state index contributed by atoms with van der Waals surface area (Å²) >= 11 is 5.85. The van der Waals surface area contributed by atoms with Crippen molar-refractivity contribution in [1.82, 2.24) is 10.3 Å². The number of carbonyl (C=O) groups is 1. The van der Waals surface area contributed by atoms with Gasteiger partial charge in [-0.1, -0.05) is 11.6 Å². The molecule has 0 aliphatic rings. The summed E-state index contributed by atoms with van der Waals surface area (Å²) in [5.74, 6) is 0.0576. The van der Waals surface area contributed by atoms with E-state index in [-0.39, 0.29) is 19.1 Å². The molecule has 1 unspecified atom stereocenters. The van der Waals surface area contributed by atoms with Crippen LogP contribution >= 0.6 is 11.6 Å². The number of nitrogens with zero attached hydrogens (tertiary/aromatic N) is 1. The number of nitrogens with two attached hydrogens (primary N) is 1. The third kappa shape index (κ3) is 4.87. The second-order valence-corrected chi connectivity index (χ2v) is 3.90. The van der Waals surface area contributed by atoms with E-state index in [0.29, 0.717) is 17.4 Å². The maximum atomic E-state index is 11.4. The molecule has 1 aromatic heterocycles. The first-order chi connectivity index (χ1) is 8.65. The fourth-order valence-electron chi connectivity index (χ4n) is 1.19. The quantitative estimate of drug-likeness (QED) is 0.693. The predicted octanol–water partition coefficient (Wildman–Crippen LogP) is 0.204. The Morgan fingerprint density at radius 1 is 1.67 bits per heavy atom. The largest absolute Gasteiger partial charge is 0.475 e. The van der Waals surface area contributed by atoms with Gasteiger partial charge in [-0.25, -0.2) is 4.98 Å². The van der Waals surface area contributed by atoms with Crippen molar-refractivity contribution in [3.8, 4) is 5.88 Å². The summed E-state index contributed by atoms with van der Waals surface area (Å²) in [6, 6.07) is 2.71. The van der Waals surface area contributed by atoms with Crippen LogP contribution in [0.5, 0.6) is 5.88 Å². The number of amides is 1. The van der Waals surface area contributed by atoms with Crippen LogP contribution in [-0.2, 0) is 9.53 Å². The highest BCUT2D eigenvalue weighted by Crippen LogP contribution is 2.19. The normalized spacial score (nSPS) is 11.9. The van der Waals surface area contributed by atoms with E-state index in [9.17, 15) is 4.79 Å². The van der Waals surface area contributed by atoms with E-state index >= 15 is 0 Å². The molecule has 3 N–H and O–H groups in total. The van der Waals surface area contributed by atoms with Gasteiger partial charge in [-0.15, -0.1) is 0 Å². The fraction of sp³-hybridized carbons (Fsp3) is 0.455. The Balaban J connectivity index is 2.23. The molecule has 18 heavy (non-hydrogen) atoms. The van der Waals surface area contributed by atoms with Crippen LogP contribution in [0, 0.1) is 0 Å². The molecule has 7 heteroatoms. The van der Waals surface area contributed by atoms with E-state index in [1.54, 1.807) is 18.3 Å². The number of hydrogen-bond donors (Lipinski definition) is 2. The van der Waals surface area contributed by atoms with Crippen LogP contribution < -0.4 is 15.8 Å². The molecule has 0 saturated carbocycles. The molecule has 6 nitrogen and oxygen atoms in total. The lowest BCUT2D eigenvalue weighted by Crippen LogP contribution is -2.44. The molecular formula is C11H16ClN3O3. The molecule has 1 atom stereocenters. The van der Waals surface area contributed by atoms with Crippen molar-refractivity contribution in [2.24, 2.45) is 5.73 Å². The van der Waals surface area contributed by atoms with Gasteiger partial charge in [0, 0.05) is 13.3 Å². The maximum absolute atomic E-state index is 11.4. The van der Waals surface area contributed by atoms with Crippen LogP contribution in [0.4, 0.5) is 0 Å². The Kier molecular flexibility index (Phi) is 6.42. The molecular weight excluding hydrogens is 258 g/mol. The van der Waals surface area contributed by atoms with Gasteiger partial charge in [-0.2, -0.15) is 0 Å². The summed E-state index contributed by atoms with van der Waals surface area (Å²) in [4.78, 5) is 15.3. The van der Waals surface area contributed by atoms with E-state index < -0.39 is 6.04 Å². The third-order valence-electron chi connectivity index (χ3n) is 2.05. The second kappa shape index (κ2) is 7.86. The molecule has 0 saturated heterocycles. The summed E-state index contributed by atoms with van der Waals surface area (Å²) in [6.07, 6.45) is 1.58. The van der Waals surface area contributed by atoms with Crippen LogP contribution in [0.1, 0.15) is 0 Å². The van der Waals surface area contributed by atoms with Crippen molar-refractivity contribution in [3.63, 3.8) is 0 Å². The van der Waals surface area contributed by atoms with Crippen LogP contribution in [-0.4, -0.2) is 43.8 Å². The molecule has 0 radical (unpaired) electrons. The van der Waals surface area contributed by atoms with Crippen molar-refractivity contribution >= 4 is 17.5 Å². The molecule has 0 fully saturated rings. The summed E-state index contributed by atoms with van der Waals surface area (Å²) in [6.45, 7) is 0.768. The molecule has 0 aromatic carbocycles. The third-order valence-corrected chi connectivity index (χ3v) is 2.34. The highest BCUT2D eigenvalue weighted by Gasteiger charge is 2.12. The summed E-state index contributed by atoms with van der Waals surface area (Å²) < 4.78 is 10.1. The Labute approximate surface area is 110 Å². The number of nitrogens with one attached hydrogen (secondary N) is 1. The number of aromatic nitrogens is 1. The van der Waals surface area contributed by atoms with Crippen molar-refractivity contribution in [1.29, 1.82) is 0 Å². The van der Waals surface area contributed by atoms with Gasteiger partial charge in [0.05, 0.1) is 13.2 Å². The smallest absolute Gasteiger partial charge is 0.239 e. The van der Waals surface area contributed by atoms with Gasteiger partial charge < -0.3 is 20.5 Å².